The first-order chi connectivity index (χ1) is 17.7. The third kappa shape index (κ3) is 5.49. The molecule has 1 saturated heterocycles. The molecule has 1 fully saturated rings. The van der Waals surface area contributed by atoms with Crippen LogP contribution >= 0.6 is 11.6 Å². The van der Waals surface area contributed by atoms with Crippen LogP contribution in [0, 0.1) is 12.8 Å². The number of ketones is 1. The summed E-state index contributed by atoms with van der Waals surface area (Å²) in [7, 11) is 0. The molecule has 1 aliphatic rings. The topological polar surface area (TPSA) is 76.1 Å². The highest BCUT2D eigenvalue weighted by Crippen LogP contribution is 2.43. The van der Waals surface area contributed by atoms with Crippen LogP contribution in [-0.2, 0) is 9.59 Å². The van der Waals surface area contributed by atoms with E-state index in [-0.39, 0.29) is 11.3 Å². The molecule has 0 aromatic heterocycles. The molecule has 1 atom stereocenters. The zero-order chi connectivity index (χ0) is 26.7. The van der Waals surface area contributed by atoms with Crippen LogP contribution in [0.1, 0.15) is 43.5 Å². The Labute approximate surface area is 222 Å². The summed E-state index contributed by atoms with van der Waals surface area (Å²) in [4.78, 5) is 28.2. The number of aliphatic hydroxyl groups is 1. The Bertz CT molecular complexity index is 1350. The lowest BCUT2D eigenvalue weighted by atomic mass is 9.94. The highest BCUT2D eigenvalue weighted by atomic mass is 35.5. The molecular formula is C30H30ClNO5. The zero-order valence-electron chi connectivity index (χ0n) is 21.3. The SMILES string of the molecule is CCOc1cccc(N2C(=O)C(=O)/C(=C(/O)c3ccc(OCC(C)C)c(C)c3)C2c2ccc(Cl)cc2)c1. The summed E-state index contributed by atoms with van der Waals surface area (Å²) in [5.74, 6) is -0.109. The monoisotopic (exact) mass is 519 g/mol. The van der Waals surface area contributed by atoms with E-state index in [1.54, 1.807) is 66.7 Å². The molecule has 0 bridgehead atoms. The van der Waals surface area contributed by atoms with Crippen LogP contribution in [-0.4, -0.2) is 30.0 Å². The molecule has 37 heavy (non-hydrogen) atoms. The molecule has 1 heterocycles. The van der Waals surface area contributed by atoms with Crippen LogP contribution in [0.5, 0.6) is 11.5 Å². The van der Waals surface area contributed by atoms with Crippen LogP contribution in [0.15, 0.2) is 72.3 Å². The van der Waals surface area contributed by atoms with E-state index in [0.717, 1.165) is 5.56 Å². The van der Waals surface area contributed by atoms with Crippen LogP contribution < -0.4 is 14.4 Å². The van der Waals surface area contributed by atoms with Crippen LogP contribution in [0.4, 0.5) is 5.69 Å². The number of nitrogens with zero attached hydrogens (tertiary/aromatic N) is 1. The van der Waals surface area contributed by atoms with Crippen LogP contribution in [0.25, 0.3) is 5.76 Å². The lowest BCUT2D eigenvalue weighted by Crippen LogP contribution is -2.29. The predicted octanol–water partition coefficient (Wildman–Crippen LogP) is 6.71. The third-order valence-electron chi connectivity index (χ3n) is 6.06. The van der Waals surface area contributed by atoms with Gasteiger partial charge in [0.1, 0.15) is 17.3 Å². The maximum absolute atomic E-state index is 13.4. The van der Waals surface area contributed by atoms with Gasteiger partial charge in [-0.1, -0.05) is 43.6 Å². The number of ether oxygens (including phenoxy) is 2. The van der Waals surface area contributed by atoms with Gasteiger partial charge in [-0.05, 0) is 73.4 Å². The summed E-state index contributed by atoms with van der Waals surface area (Å²) in [6, 6.07) is 18.2. The standard InChI is InChI=1S/C30H30ClNO5/c1-5-36-24-8-6-7-23(16-24)32-27(20-9-12-22(31)13-10-20)26(29(34)30(32)35)28(33)21-11-14-25(19(4)15-21)37-17-18(2)3/h6-16,18,27,33H,5,17H2,1-4H3/b28-26+. The number of amides is 1. The van der Waals surface area contributed by atoms with Crippen molar-refractivity contribution in [2.75, 3.05) is 18.1 Å². The van der Waals surface area contributed by atoms with Gasteiger partial charge in [0.15, 0.2) is 0 Å². The van der Waals surface area contributed by atoms with E-state index in [2.05, 4.69) is 13.8 Å². The Kier molecular flexibility index (Phi) is 7.89. The Morgan fingerprint density at radius 3 is 2.41 bits per heavy atom. The van der Waals surface area contributed by atoms with E-state index in [9.17, 15) is 14.7 Å². The number of anilines is 1. The molecule has 7 heteroatoms. The Morgan fingerprint density at radius 1 is 1.03 bits per heavy atom. The minimum absolute atomic E-state index is 0.00406. The number of benzene rings is 3. The molecule has 1 N–H and O–H groups in total. The number of Topliss-reactive ketones (excluding diaryl/α,β-unsaturated/α-hetero) is 1. The van der Waals surface area contributed by atoms with Gasteiger partial charge in [0.2, 0.25) is 0 Å². The average molecular weight is 520 g/mol. The quantitative estimate of drug-likeness (QED) is 0.203. The van der Waals surface area contributed by atoms with E-state index in [0.29, 0.717) is 52.5 Å². The molecular weight excluding hydrogens is 490 g/mol. The second-order valence-electron chi connectivity index (χ2n) is 9.34. The maximum atomic E-state index is 13.4. The Hall–Kier alpha value is -3.77. The Balaban J connectivity index is 1.84. The number of rotatable bonds is 8. The van der Waals surface area contributed by atoms with E-state index >= 15 is 0 Å². The summed E-state index contributed by atoms with van der Waals surface area (Å²) >= 11 is 6.12. The molecule has 1 amide bonds. The molecule has 4 rings (SSSR count). The van der Waals surface area contributed by atoms with E-state index in [4.69, 9.17) is 21.1 Å². The molecule has 6 nitrogen and oxygen atoms in total. The molecule has 192 valence electrons. The van der Waals surface area contributed by atoms with E-state index < -0.39 is 17.7 Å². The largest absolute Gasteiger partial charge is 0.507 e. The van der Waals surface area contributed by atoms with Crippen LogP contribution in [0.2, 0.25) is 5.02 Å². The fourth-order valence-corrected chi connectivity index (χ4v) is 4.45. The van der Waals surface area contributed by atoms with Crippen LogP contribution in [0.3, 0.4) is 0 Å². The number of carbonyl (C=O) groups is 2. The van der Waals surface area contributed by atoms with Crippen molar-refractivity contribution in [3.05, 3.63) is 94.0 Å². The maximum Gasteiger partial charge on any atom is 0.300 e. The van der Waals surface area contributed by atoms with Gasteiger partial charge in [-0.3, -0.25) is 14.5 Å². The van der Waals surface area contributed by atoms with Crippen molar-refractivity contribution in [3.63, 3.8) is 0 Å². The van der Waals surface area contributed by atoms with E-state index in [1.165, 1.54) is 4.90 Å². The normalized spacial score (nSPS) is 16.9. The summed E-state index contributed by atoms with van der Waals surface area (Å²) in [6.45, 7) is 8.90. The lowest BCUT2D eigenvalue weighted by Gasteiger charge is -2.26. The molecule has 0 aliphatic carbocycles. The third-order valence-corrected chi connectivity index (χ3v) is 6.31. The molecule has 1 unspecified atom stereocenters. The van der Waals surface area contributed by atoms with Gasteiger partial charge in [0, 0.05) is 22.3 Å². The molecule has 3 aromatic carbocycles. The van der Waals surface area contributed by atoms with Crippen molar-refractivity contribution in [3.8, 4) is 11.5 Å². The molecule has 0 radical (unpaired) electrons. The van der Waals surface area contributed by atoms with Gasteiger partial charge in [-0.2, -0.15) is 0 Å². The molecule has 0 saturated carbocycles. The summed E-state index contributed by atoms with van der Waals surface area (Å²) in [5, 5.41) is 11.9. The first kappa shape index (κ1) is 26.3. The minimum Gasteiger partial charge on any atom is -0.507 e. The fraction of sp³-hybridized carbons (Fsp3) is 0.267. The first-order valence-corrected chi connectivity index (χ1v) is 12.6. The number of aliphatic hydroxyl groups excluding tert-OH is 1. The lowest BCUT2D eigenvalue weighted by molar-refractivity contribution is -0.132. The minimum atomic E-state index is -0.855. The van der Waals surface area contributed by atoms with Crippen molar-refractivity contribution >= 4 is 34.7 Å². The fourth-order valence-electron chi connectivity index (χ4n) is 4.32. The van der Waals surface area contributed by atoms with Gasteiger partial charge in [-0.15, -0.1) is 0 Å². The van der Waals surface area contributed by atoms with Crippen molar-refractivity contribution < 1.29 is 24.2 Å². The highest BCUT2D eigenvalue weighted by Gasteiger charge is 2.47. The van der Waals surface area contributed by atoms with E-state index in [1.807, 2.05) is 13.8 Å². The van der Waals surface area contributed by atoms with Crippen molar-refractivity contribution in [1.82, 2.24) is 0 Å². The summed E-state index contributed by atoms with van der Waals surface area (Å²) in [6.07, 6.45) is 0. The molecule has 3 aromatic rings. The van der Waals surface area contributed by atoms with Gasteiger partial charge < -0.3 is 14.6 Å². The van der Waals surface area contributed by atoms with Gasteiger partial charge in [-0.25, -0.2) is 0 Å². The number of aryl methyl sites for hydroxylation is 1. The van der Waals surface area contributed by atoms with Gasteiger partial charge in [0.25, 0.3) is 11.7 Å². The average Bonchev–Trinajstić information content (AvgIpc) is 3.14. The Morgan fingerprint density at radius 2 is 1.76 bits per heavy atom. The van der Waals surface area contributed by atoms with Crippen molar-refractivity contribution in [2.45, 2.75) is 33.7 Å². The zero-order valence-corrected chi connectivity index (χ0v) is 22.1. The van der Waals surface area contributed by atoms with Crippen molar-refractivity contribution in [2.24, 2.45) is 5.92 Å². The number of halogens is 1. The van der Waals surface area contributed by atoms with Gasteiger partial charge >= 0.3 is 0 Å². The second kappa shape index (κ2) is 11.1. The number of carbonyl (C=O) groups excluding carboxylic acids is 2. The number of hydrogen-bond acceptors (Lipinski definition) is 5. The smallest absolute Gasteiger partial charge is 0.300 e. The highest BCUT2D eigenvalue weighted by molar-refractivity contribution is 6.51. The van der Waals surface area contributed by atoms with Crippen molar-refractivity contribution in [1.29, 1.82) is 0 Å². The second-order valence-corrected chi connectivity index (χ2v) is 9.77. The molecule has 1 aliphatic heterocycles. The number of hydrogen-bond donors (Lipinski definition) is 1. The first-order valence-electron chi connectivity index (χ1n) is 12.2. The summed E-state index contributed by atoms with van der Waals surface area (Å²) < 4.78 is 11.5. The molecule has 0 spiro atoms. The van der Waals surface area contributed by atoms with Gasteiger partial charge in [0.05, 0.1) is 24.8 Å². The predicted molar refractivity (Wildman–Crippen MR) is 145 cm³/mol. The summed E-state index contributed by atoms with van der Waals surface area (Å²) in [5.41, 5.74) is 2.37.